The van der Waals surface area contributed by atoms with Gasteiger partial charge in [-0.3, -0.25) is 4.79 Å². The quantitative estimate of drug-likeness (QED) is 0.302. The van der Waals surface area contributed by atoms with Crippen LogP contribution in [-0.4, -0.2) is 23.7 Å². The van der Waals surface area contributed by atoms with Gasteiger partial charge >= 0.3 is 5.97 Å². The molecule has 33 heavy (non-hydrogen) atoms. The summed E-state index contributed by atoms with van der Waals surface area (Å²) in [7, 11) is 0. The topological polar surface area (TPSA) is 72.1 Å². The Morgan fingerprint density at radius 2 is 1.79 bits per heavy atom. The fraction of sp³-hybridized carbons (Fsp3) is 0.160. The van der Waals surface area contributed by atoms with Crippen molar-refractivity contribution >= 4 is 52.6 Å². The van der Waals surface area contributed by atoms with E-state index >= 15 is 0 Å². The van der Waals surface area contributed by atoms with Crippen molar-refractivity contribution in [2.24, 2.45) is 5.10 Å². The van der Waals surface area contributed by atoms with Crippen molar-refractivity contribution in [3.05, 3.63) is 81.5 Å². The van der Waals surface area contributed by atoms with Gasteiger partial charge < -0.3 is 9.15 Å². The number of carbonyl (C=O) groups is 2. The number of rotatable bonds is 5. The average Bonchev–Trinajstić information content (AvgIpc) is 3.36. The lowest BCUT2D eigenvalue weighted by atomic mass is 10.1. The highest BCUT2D eigenvalue weighted by Crippen LogP contribution is 2.31. The third-order valence-electron chi connectivity index (χ3n) is 4.87. The smallest absolute Gasteiger partial charge is 0.338 e. The molecule has 1 amide bonds. The van der Waals surface area contributed by atoms with Gasteiger partial charge in [0.15, 0.2) is 0 Å². The van der Waals surface area contributed by atoms with Gasteiger partial charge in [0.1, 0.15) is 11.5 Å². The monoisotopic (exact) mass is 482 g/mol. The number of halogens is 2. The second kappa shape index (κ2) is 9.25. The first-order valence-corrected chi connectivity index (χ1v) is 11.0. The van der Waals surface area contributed by atoms with E-state index in [0.29, 0.717) is 44.1 Å². The molecule has 4 rings (SSSR count). The van der Waals surface area contributed by atoms with Crippen LogP contribution in [0.4, 0.5) is 5.69 Å². The zero-order chi connectivity index (χ0) is 23.7. The first kappa shape index (κ1) is 22.8. The molecule has 2 heterocycles. The maximum Gasteiger partial charge on any atom is 0.338 e. The Kier molecular flexibility index (Phi) is 6.40. The summed E-state index contributed by atoms with van der Waals surface area (Å²) in [6.07, 6.45) is 1.46. The third kappa shape index (κ3) is 4.87. The number of hydrogen-bond donors (Lipinski definition) is 0. The van der Waals surface area contributed by atoms with E-state index in [1.54, 1.807) is 81.4 Å². The maximum atomic E-state index is 13.0. The molecule has 1 aliphatic heterocycles. The summed E-state index contributed by atoms with van der Waals surface area (Å²) in [5, 5.41) is 6.36. The van der Waals surface area contributed by atoms with E-state index < -0.39 is 0 Å². The number of esters is 1. The van der Waals surface area contributed by atoms with E-state index in [0.717, 1.165) is 5.56 Å². The van der Waals surface area contributed by atoms with Gasteiger partial charge in [-0.25, -0.2) is 4.79 Å². The first-order chi connectivity index (χ1) is 15.7. The lowest BCUT2D eigenvalue weighted by Gasteiger charge is -2.12. The van der Waals surface area contributed by atoms with Crippen molar-refractivity contribution in [3.8, 4) is 11.3 Å². The molecule has 0 N–H and O–H groups in total. The number of nitrogens with zero attached hydrogens (tertiary/aromatic N) is 2. The normalized spacial score (nSPS) is 14.8. The molecule has 0 radical (unpaired) electrons. The van der Waals surface area contributed by atoms with Crippen LogP contribution in [0.15, 0.2) is 69.7 Å². The van der Waals surface area contributed by atoms with Gasteiger partial charge in [0, 0.05) is 5.56 Å². The van der Waals surface area contributed by atoms with Crippen molar-refractivity contribution < 1.29 is 18.7 Å². The van der Waals surface area contributed by atoms with Crippen molar-refractivity contribution in [2.45, 2.75) is 26.9 Å². The van der Waals surface area contributed by atoms with Crippen LogP contribution in [0.3, 0.4) is 0 Å². The van der Waals surface area contributed by atoms with E-state index in [9.17, 15) is 9.59 Å². The highest BCUT2D eigenvalue weighted by atomic mass is 35.5. The van der Waals surface area contributed by atoms with Gasteiger partial charge in [-0.15, -0.1) is 0 Å². The molecule has 6 nitrogen and oxygen atoms in total. The van der Waals surface area contributed by atoms with Crippen LogP contribution in [-0.2, 0) is 9.53 Å². The highest BCUT2D eigenvalue weighted by Gasteiger charge is 2.29. The summed E-state index contributed by atoms with van der Waals surface area (Å²) < 4.78 is 11.1. The molecule has 1 aromatic heterocycles. The molecule has 0 saturated heterocycles. The lowest BCUT2D eigenvalue weighted by Crippen LogP contribution is -2.21. The van der Waals surface area contributed by atoms with Crippen LogP contribution in [0.2, 0.25) is 10.0 Å². The van der Waals surface area contributed by atoms with Crippen LogP contribution in [0, 0.1) is 0 Å². The van der Waals surface area contributed by atoms with E-state index in [1.165, 1.54) is 5.01 Å². The van der Waals surface area contributed by atoms with Gasteiger partial charge in [0.25, 0.3) is 5.91 Å². The molecule has 0 aliphatic carbocycles. The summed E-state index contributed by atoms with van der Waals surface area (Å²) in [5.74, 6) is 0.438. The van der Waals surface area contributed by atoms with Crippen molar-refractivity contribution in [1.29, 1.82) is 0 Å². The molecule has 0 spiro atoms. The molecule has 0 bridgehead atoms. The summed E-state index contributed by atoms with van der Waals surface area (Å²) in [6.45, 7) is 5.35. The Bertz CT molecular complexity index is 1290. The number of hydrogen-bond acceptors (Lipinski definition) is 5. The minimum Gasteiger partial charge on any atom is -0.459 e. The Hall–Kier alpha value is -3.35. The maximum absolute atomic E-state index is 13.0. The van der Waals surface area contributed by atoms with Crippen molar-refractivity contribution in [2.75, 3.05) is 5.01 Å². The Morgan fingerprint density at radius 3 is 2.45 bits per heavy atom. The Morgan fingerprint density at radius 1 is 1.06 bits per heavy atom. The molecule has 0 fully saturated rings. The van der Waals surface area contributed by atoms with Gasteiger partial charge in [0.05, 0.1) is 38.7 Å². The molecular weight excluding hydrogens is 463 g/mol. The minimum absolute atomic E-state index is 0.184. The number of benzene rings is 2. The molecule has 8 heteroatoms. The van der Waals surface area contributed by atoms with Crippen molar-refractivity contribution in [3.63, 3.8) is 0 Å². The van der Waals surface area contributed by atoms with Crippen LogP contribution >= 0.6 is 23.2 Å². The predicted molar refractivity (Wildman–Crippen MR) is 130 cm³/mol. The summed E-state index contributed by atoms with van der Waals surface area (Å²) >= 11 is 12.0. The minimum atomic E-state index is -0.373. The number of hydrazone groups is 1. The van der Waals surface area contributed by atoms with E-state index in [1.807, 2.05) is 0 Å². The summed E-state index contributed by atoms with van der Waals surface area (Å²) in [5.41, 5.74) is 2.74. The summed E-state index contributed by atoms with van der Waals surface area (Å²) in [6, 6.07) is 15.4. The van der Waals surface area contributed by atoms with Crippen LogP contribution in [0.25, 0.3) is 17.4 Å². The fourth-order valence-electron chi connectivity index (χ4n) is 3.26. The number of amides is 1. The van der Waals surface area contributed by atoms with Crippen LogP contribution < -0.4 is 5.01 Å². The molecule has 0 atom stereocenters. The molecule has 1 aliphatic rings. The van der Waals surface area contributed by atoms with Crippen molar-refractivity contribution in [1.82, 2.24) is 0 Å². The molecule has 2 aromatic carbocycles. The summed E-state index contributed by atoms with van der Waals surface area (Å²) in [4.78, 5) is 25.0. The molecular formula is C25H20Cl2N2O4. The number of carbonyl (C=O) groups excluding carboxylic acids is 2. The SMILES string of the molecule is CC1=NN(c2ccc(Cl)c(Cl)c2)C(=O)/C1=C/c1ccc(-c2ccc(C(=O)OC(C)C)cc2)o1. The number of furan rings is 1. The second-order valence-corrected chi connectivity index (χ2v) is 8.51. The Labute approximate surface area is 201 Å². The average molecular weight is 483 g/mol. The van der Waals surface area contributed by atoms with Gasteiger partial charge in [-0.05, 0) is 69.3 Å². The fourth-order valence-corrected chi connectivity index (χ4v) is 3.55. The van der Waals surface area contributed by atoms with Gasteiger partial charge in [-0.1, -0.05) is 35.3 Å². The molecule has 3 aromatic rings. The predicted octanol–water partition coefficient (Wildman–Crippen LogP) is 6.62. The number of ether oxygens (including phenoxy) is 1. The molecule has 168 valence electrons. The van der Waals surface area contributed by atoms with Crippen LogP contribution in [0.1, 0.15) is 36.9 Å². The molecule has 0 saturated carbocycles. The largest absolute Gasteiger partial charge is 0.459 e. The number of anilines is 1. The highest BCUT2D eigenvalue weighted by molar-refractivity contribution is 6.42. The standard InChI is InChI=1S/C25H20Cl2N2O4/c1-14(2)32-25(31)17-6-4-16(5-7-17)23-11-9-19(33-23)13-20-15(3)28-29(24(20)30)18-8-10-21(26)22(27)12-18/h4-14H,1-3H3/b20-13+. The second-order valence-electron chi connectivity index (χ2n) is 7.69. The van der Waals surface area contributed by atoms with Gasteiger partial charge in [-0.2, -0.15) is 10.1 Å². The van der Waals surface area contributed by atoms with Gasteiger partial charge in [0.2, 0.25) is 0 Å². The van der Waals surface area contributed by atoms with E-state index in [-0.39, 0.29) is 18.0 Å². The molecule has 0 unspecified atom stereocenters. The zero-order valence-electron chi connectivity index (χ0n) is 18.1. The first-order valence-electron chi connectivity index (χ1n) is 10.2. The zero-order valence-corrected chi connectivity index (χ0v) is 19.6. The van der Waals surface area contributed by atoms with E-state index in [4.69, 9.17) is 32.4 Å². The third-order valence-corrected chi connectivity index (χ3v) is 5.61. The van der Waals surface area contributed by atoms with E-state index in [2.05, 4.69) is 5.10 Å². The Balaban J connectivity index is 1.53. The lowest BCUT2D eigenvalue weighted by molar-refractivity contribution is -0.114. The van der Waals surface area contributed by atoms with Crippen LogP contribution in [0.5, 0.6) is 0 Å².